The van der Waals surface area contributed by atoms with Gasteiger partial charge in [-0.3, -0.25) is 5.41 Å². The molecule has 0 aliphatic carbocycles. The molecule has 0 aromatic rings. The van der Waals surface area contributed by atoms with E-state index in [0.29, 0.717) is 11.9 Å². The summed E-state index contributed by atoms with van der Waals surface area (Å²) in [6, 6.07) is 0. The number of nitrogens with two attached hydrogens (primary N) is 1. The summed E-state index contributed by atoms with van der Waals surface area (Å²) < 4.78 is 5.46. The standard InChI is InChI=1S/C11H25N3O/c1-10(2)15-9-8-14(3)7-5-4-6-11(12)13/h10H,4-9H2,1-3H3,(H3,12,13). The zero-order valence-electron chi connectivity index (χ0n) is 10.3. The first-order chi connectivity index (χ1) is 7.02. The summed E-state index contributed by atoms with van der Waals surface area (Å²) >= 11 is 0. The Bertz CT molecular complexity index is 171. The van der Waals surface area contributed by atoms with Gasteiger partial charge in [0.15, 0.2) is 0 Å². The second-order valence-electron chi connectivity index (χ2n) is 4.21. The maximum Gasteiger partial charge on any atom is 0.0905 e. The fraction of sp³-hybridized carbons (Fsp3) is 0.909. The molecule has 0 saturated heterocycles. The third kappa shape index (κ3) is 11.3. The van der Waals surface area contributed by atoms with Gasteiger partial charge in [-0.1, -0.05) is 0 Å². The molecular weight excluding hydrogens is 190 g/mol. The van der Waals surface area contributed by atoms with E-state index >= 15 is 0 Å². The summed E-state index contributed by atoms with van der Waals surface area (Å²) in [5.41, 5.74) is 5.27. The predicted molar refractivity (Wildman–Crippen MR) is 64.4 cm³/mol. The Hall–Kier alpha value is -0.610. The van der Waals surface area contributed by atoms with Crippen LogP contribution in [0.1, 0.15) is 33.1 Å². The lowest BCUT2D eigenvalue weighted by atomic mass is 10.2. The van der Waals surface area contributed by atoms with Gasteiger partial charge in [0.2, 0.25) is 0 Å². The monoisotopic (exact) mass is 215 g/mol. The number of nitrogens with one attached hydrogen (secondary N) is 1. The van der Waals surface area contributed by atoms with E-state index in [9.17, 15) is 0 Å². The minimum Gasteiger partial charge on any atom is -0.388 e. The highest BCUT2D eigenvalue weighted by molar-refractivity contribution is 5.76. The largest absolute Gasteiger partial charge is 0.388 e. The van der Waals surface area contributed by atoms with Crippen molar-refractivity contribution < 1.29 is 4.74 Å². The Balaban J connectivity index is 3.25. The second kappa shape index (κ2) is 8.68. The van der Waals surface area contributed by atoms with Crippen LogP contribution in [0.3, 0.4) is 0 Å². The van der Waals surface area contributed by atoms with E-state index in [4.69, 9.17) is 15.9 Å². The number of likely N-dealkylation sites (N-methyl/N-ethyl adjacent to an activating group) is 1. The minimum atomic E-state index is 0.292. The predicted octanol–water partition coefficient (Wildman–Crippen LogP) is 1.45. The molecule has 3 N–H and O–H groups in total. The molecule has 0 aromatic heterocycles. The van der Waals surface area contributed by atoms with Crippen LogP contribution >= 0.6 is 0 Å². The minimum absolute atomic E-state index is 0.292. The van der Waals surface area contributed by atoms with Crippen LogP contribution in [-0.4, -0.2) is 43.6 Å². The number of amidine groups is 1. The van der Waals surface area contributed by atoms with Crippen LogP contribution in [-0.2, 0) is 4.74 Å². The van der Waals surface area contributed by atoms with Gasteiger partial charge in [0.05, 0.1) is 18.5 Å². The molecule has 0 saturated carbocycles. The normalized spacial score (nSPS) is 11.3. The molecule has 0 aromatic carbocycles. The Kier molecular flexibility index (Phi) is 8.33. The lowest BCUT2D eigenvalue weighted by Crippen LogP contribution is -2.25. The van der Waals surface area contributed by atoms with Crippen LogP contribution < -0.4 is 5.73 Å². The van der Waals surface area contributed by atoms with Gasteiger partial charge in [-0.25, -0.2) is 0 Å². The number of hydrogen-bond acceptors (Lipinski definition) is 3. The van der Waals surface area contributed by atoms with Crippen molar-refractivity contribution in [3.8, 4) is 0 Å². The summed E-state index contributed by atoms with van der Waals surface area (Å²) in [7, 11) is 2.09. The van der Waals surface area contributed by atoms with Gasteiger partial charge < -0.3 is 15.4 Å². The molecule has 4 nitrogen and oxygen atoms in total. The van der Waals surface area contributed by atoms with Crippen molar-refractivity contribution >= 4 is 5.84 Å². The molecule has 15 heavy (non-hydrogen) atoms. The molecule has 0 fully saturated rings. The zero-order valence-corrected chi connectivity index (χ0v) is 10.3. The molecule has 0 bridgehead atoms. The molecule has 0 heterocycles. The molecule has 0 spiro atoms. The maximum atomic E-state index is 7.08. The lowest BCUT2D eigenvalue weighted by Gasteiger charge is -2.17. The Labute approximate surface area is 93.3 Å². The van der Waals surface area contributed by atoms with Gasteiger partial charge >= 0.3 is 0 Å². The fourth-order valence-corrected chi connectivity index (χ4v) is 1.25. The SMILES string of the molecule is CC(C)OCCN(C)CCCCC(=N)N. The average molecular weight is 215 g/mol. The Morgan fingerprint density at radius 3 is 2.53 bits per heavy atom. The Morgan fingerprint density at radius 2 is 2.00 bits per heavy atom. The first-order valence-electron chi connectivity index (χ1n) is 5.65. The van der Waals surface area contributed by atoms with Gasteiger partial charge in [-0.05, 0) is 40.3 Å². The Morgan fingerprint density at radius 1 is 1.33 bits per heavy atom. The van der Waals surface area contributed by atoms with Crippen LogP contribution in [0.15, 0.2) is 0 Å². The van der Waals surface area contributed by atoms with Crippen LogP contribution in [0.5, 0.6) is 0 Å². The van der Waals surface area contributed by atoms with Crippen molar-refractivity contribution in [2.45, 2.75) is 39.2 Å². The zero-order chi connectivity index (χ0) is 11.7. The van der Waals surface area contributed by atoms with Crippen molar-refractivity contribution in [1.82, 2.24) is 4.90 Å². The van der Waals surface area contributed by atoms with Crippen LogP contribution in [0.4, 0.5) is 0 Å². The molecule has 0 aliphatic rings. The van der Waals surface area contributed by atoms with E-state index in [1.54, 1.807) is 0 Å². The van der Waals surface area contributed by atoms with E-state index in [-0.39, 0.29) is 0 Å². The van der Waals surface area contributed by atoms with Crippen LogP contribution in [0, 0.1) is 5.41 Å². The molecule has 90 valence electrons. The van der Waals surface area contributed by atoms with Gasteiger partial charge in [0.1, 0.15) is 0 Å². The van der Waals surface area contributed by atoms with Gasteiger partial charge in [-0.15, -0.1) is 0 Å². The van der Waals surface area contributed by atoms with Crippen molar-refractivity contribution in [3.05, 3.63) is 0 Å². The van der Waals surface area contributed by atoms with E-state index in [1.165, 1.54) is 0 Å². The highest BCUT2D eigenvalue weighted by atomic mass is 16.5. The molecule has 0 rings (SSSR count). The van der Waals surface area contributed by atoms with Gasteiger partial charge in [-0.2, -0.15) is 0 Å². The first kappa shape index (κ1) is 14.4. The van der Waals surface area contributed by atoms with Crippen molar-refractivity contribution in [2.75, 3.05) is 26.7 Å². The second-order valence-corrected chi connectivity index (χ2v) is 4.21. The number of nitrogens with zero attached hydrogens (tertiary/aromatic N) is 1. The summed E-state index contributed by atoms with van der Waals surface area (Å²) in [5, 5.41) is 7.08. The molecule has 0 amide bonds. The molecular formula is C11H25N3O. The number of ether oxygens (including phenoxy) is 1. The van der Waals surface area contributed by atoms with E-state index in [1.807, 2.05) is 13.8 Å². The molecule has 0 aliphatic heterocycles. The van der Waals surface area contributed by atoms with Crippen molar-refractivity contribution in [1.29, 1.82) is 5.41 Å². The highest BCUT2D eigenvalue weighted by Gasteiger charge is 1.99. The summed E-state index contributed by atoms with van der Waals surface area (Å²) in [4.78, 5) is 2.25. The van der Waals surface area contributed by atoms with E-state index in [2.05, 4.69) is 11.9 Å². The summed E-state index contributed by atoms with van der Waals surface area (Å²) in [6.45, 7) is 6.91. The lowest BCUT2D eigenvalue weighted by molar-refractivity contribution is 0.0636. The molecule has 0 atom stereocenters. The highest BCUT2D eigenvalue weighted by Crippen LogP contribution is 1.97. The summed E-state index contributed by atoms with van der Waals surface area (Å²) in [6.07, 6.45) is 3.13. The smallest absolute Gasteiger partial charge is 0.0905 e. The van der Waals surface area contributed by atoms with Gasteiger partial charge in [0.25, 0.3) is 0 Å². The first-order valence-corrected chi connectivity index (χ1v) is 5.65. The van der Waals surface area contributed by atoms with E-state index in [0.717, 1.165) is 39.0 Å². The number of unbranched alkanes of at least 4 members (excludes halogenated alkanes) is 1. The molecule has 0 unspecified atom stereocenters. The number of rotatable bonds is 9. The summed E-state index contributed by atoms with van der Waals surface area (Å²) in [5.74, 6) is 0.292. The molecule has 4 heteroatoms. The average Bonchev–Trinajstić information content (AvgIpc) is 2.11. The fourth-order valence-electron chi connectivity index (χ4n) is 1.25. The topological polar surface area (TPSA) is 62.3 Å². The number of hydrogen-bond donors (Lipinski definition) is 2. The maximum absolute atomic E-state index is 7.08. The van der Waals surface area contributed by atoms with Crippen LogP contribution in [0.2, 0.25) is 0 Å². The van der Waals surface area contributed by atoms with E-state index < -0.39 is 0 Å². The van der Waals surface area contributed by atoms with Crippen LogP contribution in [0.25, 0.3) is 0 Å². The third-order valence-corrected chi connectivity index (χ3v) is 2.16. The van der Waals surface area contributed by atoms with Crippen molar-refractivity contribution in [2.24, 2.45) is 5.73 Å². The van der Waals surface area contributed by atoms with Crippen molar-refractivity contribution in [3.63, 3.8) is 0 Å². The molecule has 0 radical (unpaired) electrons. The van der Waals surface area contributed by atoms with Gasteiger partial charge in [0, 0.05) is 13.0 Å². The quantitative estimate of drug-likeness (QED) is 0.347. The third-order valence-electron chi connectivity index (χ3n) is 2.16.